The van der Waals surface area contributed by atoms with Crippen LogP contribution in [0.3, 0.4) is 0 Å². The maximum atomic E-state index is 5.85. The van der Waals surface area contributed by atoms with Crippen LogP contribution in [0.5, 0.6) is 0 Å². The fourth-order valence-corrected chi connectivity index (χ4v) is 3.83. The normalized spacial score (nSPS) is 32.4. The molecule has 0 aliphatic carbocycles. The lowest BCUT2D eigenvalue weighted by atomic mass is 9.81. The maximum absolute atomic E-state index is 5.85. The van der Waals surface area contributed by atoms with Crippen LogP contribution in [-0.4, -0.2) is 75.4 Å². The van der Waals surface area contributed by atoms with E-state index < -0.39 is 0 Å². The van der Waals surface area contributed by atoms with Gasteiger partial charge in [-0.2, -0.15) is 0 Å². The molecule has 4 nitrogen and oxygen atoms in total. The number of piperazine rings is 1. The molecule has 2 unspecified atom stereocenters. The molecule has 4 heteroatoms. The predicted molar refractivity (Wildman–Crippen MR) is 88.8 cm³/mol. The number of hydrogen-bond donors (Lipinski definition) is 1. The molecule has 2 atom stereocenters. The number of ether oxygens (including phenoxy) is 1. The third kappa shape index (κ3) is 4.92. The minimum Gasteiger partial charge on any atom is -0.381 e. The topological polar surface area (TPSA) is 27.7 Å². The van der Waals surface area contributed by atoms with E-state index in [4.69, 9.17) is 4.74 Å². The van der Waals surface area contributed by atoms with Gasteiger partial charge in [0.1, 0.15) is 0 Å². The Morgan fingerprint density at radius 2 is 2.14 bits per heavy atom. The number of likely N-dealkylation sites (N-methyl/N-ethyl adjacent to an activating group) is 1. The quantitative estimate of drug-likeness (QED) is 0.725. The van der Waals surface area contributed by atoms with Crippen molar-refractivity contribution >= 4 is 0 Å². The van der Waals surface area contributed by atoms with Crippen molar-refractivity contribution in [2.75, 3.05) is 59.5 Å². The van der Waals surface area contributed by atoms with Gasteiger partial charge >= 0.3 is 0 Å². The Kier molecular flexibility index (Phi) is 6.93. The first-order valence-electron chi connectivity index (χ1n) is 8.90. The average molecular weight is 297 g/mol. The molecule has 2 heterocycles. The molecule has 0 aromatic carbocycles. The van der Waals surface area contributed by atoms with Crippen molar-refractivity contribution in [3.05, 3.63) is 0 Å². The highest BCUT2D eigenvalue weighted by atomic mass is 16.5. The Morgan fingerprint density at radius 3 is 2.81 bits per heavy atom. The minimum atomic E-state index is 0.335. The number of nitrogens with zero attached hydrogens (tertiary/aromatic N) is 2. The number of hydrogen-bond acceptors (Lipinski definition) is 4. The molecule has 0 bridgehead atoms. The monoisotopic (exact) mass is 297 g/mol. The van der Waals surface area contributed by atoms with Gasteiger partial charge in [-0.1, -0.05) is 13.8 Å². The number of rotatable bonds is 7. The summed E-state index contributed by atoms with van der Waals surface area (Å²) < 4.78 is 5.85. The molecule has 0 aromatic rings. The van der Waals surface area contributed by atoms with Gasteiger partial charge in [0.15, 0.2) is 0 Å². The Bertz CT molecular complexity index is 292. The molecule has 21 heavy (non-hydrogen) atoms. The van der Waals surface area contributed by atoms with Crippen molar-refractivity contribution in [2.24, 2.45) is 5.41 Å². The lowest BCUT2D eigenvalue weighted by Gasteiger charge is -2.45. The van der Waals surface area contributed by atoms with Crippen LogP contribution in [-0.2, 0) is 4.74 Å². The Hall–Kier alpha value is -0.160. The zero-order valence-electron chi connectivity index (χ0n) is 14.4. The summed E-state index contributed by atoms with van der Waals surface area (Å²) >= 11 is 0. The van der Waals surface area contributed by atoms with Gasteiger partial charge in [-0.3, -0.25) is 4.90 Å². The van der Waals surface area contributed by atoms with Gasteiger partial charge in [0.05, 0.1) is 6.61 Å². The zero-order valence-corrected chi connectivity index (χ0v) is 14.4. The standard InChI is InChI=1S/C17H35N3O/c1-4-8-18-13-17(7-6-11-21-15-17)14-20-10-9-19(3)16(5-2)12-20/h16,18H,4-15H2,1-3H3. The molecule has 0 spiro atoms. The van der Waals surface area contributed by atoms with Crippen molar-refractivity contribution in [1.29, 1.82) is 0 Å². The second kappa shape index (κ2) is 8.47. The van der Waals surface area contributed by atoms with Crippen LogP contribution in [0.2, 0.25) is 0 Å². The molecule has 0 radical (unpaired) electrons. The summed E-state index contributed by atoms with van der Waals surface area (Å²) in [5, 5.41) is 3.65. The van der Waals surface area contributed by atoms with E-state index in [1.54, 1.807) is 0 Å². The van der Waals surface area contributed by atoms with E-state index in [1.165, 1.54) is 51.9 Å². The maximum Gasteiger partial charge on any atom is 0.0546 e. The van der Waals surface area contributed by atoms with E-state index in [2.05, 4.69) is 36.0 Å². The summed E-state index contributed by atoms with van der Waals surface area (Å²) in [4.78, 5) is 5.21. The van der Waals surface area contributed by atoms with E-state index in [0.717, 1.165) is 32.3 Å². The van der Waals surface area contributed by atoms with Gasteiger partial charge in [0, 0.05) is 50.8 Å². The molecule has 2 aliphatic rings. The summed E-state index contributed by atoms with van der Waals surface area (Å²) in [6, 6.07) is 0.726. The molecule has 2 aliphatic heterocycles. The molecule has 0 aromatic heterocycles. The summed E-state index contributed by atoms with van der Waals surface area (Å²) in [6.45, 7) is 13.5. The lowest BCUT2D eigenvalue weighted by Crippen LogP contribution is -2.56. The third-order valence-electron chi connectivity index (χ3n) is 5.22. The molecule has 2 saturated heterocycles. The molecule has 2 rings (SSSR count). The Balaban J connectivity index is 1.91. The van der Waals surface area contributed by atoms with Gasteiger partial charge in [0.2, 0.25) is 0 Å². The van der Waals surface area contributed by atoms with E-state index >= 15 is 0 Å². The zero-order chi connectivity index (χ0) is 15.1. The smallest absolute Gasteiger partial charge is 0.0546 e. The van der Waals surface area contributed by atoms with Crippen molar-refractivity contribution in [1.82, 2.24) is 15.1 Å². The molecule has 0 amide bonds. The highest BCUT2D eigenvalue weighted by molar-refractivity contribution is 4.90. The van der Waals surface area contributed by atoms with Crippen molar-refractivity contribution in [3.63, 3.8) is 0 Å². The largest absolute Gasteiger partial charge is 0.381 e. The molecule has 1 N–H and O–H groups in total. The highest BCUT2D eigenvalue weighted by Crippen LogP contribution is 2.30. The first kappa shape index (κ1) is 17.2. The van der Waals surface area contributed by atoms with Crippen LogP contribution in [0.4, 0.5) is 0 Å². The third-order valence-corrected chi connectivity index (χ3v) is 5.22. The molecular weight excluding hydrogens is 262 g/mol. The molecule has 124 valence electrons. The summed E-state index contributed by atoms with van der Waals surface area (Å²) in [5.74, 6) is 0. The van der Waals surface area contributed by atoms with Gasteiger partial charge in [0.25, 0.3) is 0 Å². The summed E-state index contributed by atoms with van der Waals surface area (Å²) in [5.41, 5.74) is 0.335. The van der Waals surface area contributed by atoms with Gasteiger partial charge in [-0.25, -0.2) is 0 Å². The molecular formula is C17H35N3O. The Labute approximate surface area is 131 Å². The van der Waals surface area contributed by atoms with Crippen molar-refractivity contribution in [3.8, 4) is 0 Å². The first-order chi connectivity index (χ1) is 10.2. The van der Waals surface area contributed by atoms with Gasteiger partial charge in [-0.05, 0) is 39.3 Å². The minimum absolute atomic E-state index is 0.335. The van der Waals surface area contributed by atoms with Crippen LogP contribution >= 0.6 is 0 Å². The van der Waals surface area contributed by atoms with E-state index in [1.807, 2.05) is 0 Å². The second-order valence-electron chi connectivity index (χ2n) is 7.11. The molecule has 2 fully saturated rings. The predicted octanol–water partition coefficient (Wildman–Crippen LogP) is 1.81. The van der Waals surface area contributed by atoms with E-state index in [-0.39, 0.29) is 0 Å². The van der Waals surface area contributed by atoms with Gasteiger partial charge in [-0.15, -0.1) is 0 Å². The van der Waals surface area contributed by atoms with Crippen LogP contribution in [0.25, 0.3) is 0 Å². The summed E-state index contributed by atoms with van der Waals surface area (Å²) in [6.07, 6.45) is 5.00. The van der Waals surface area contributed by atoms with E-state index in [0.29, 0.717) is 5.41 Å². The lowest BCUT2D eigenvalue weighted by molar-refractivity contribution is -0.0373. The first-order valence-corrected chi connectivity index (χ1v) is 8.90. The van der Waals surface area contributed by atoms with Crippen molar-refractivity contribution in [2.45, 2.75) is 45.6 Å². The molecule has 0 saturated carbocycles. The fraction of sp³-hybridized carbons (Fsp3) is 1.00. The van der Waals surface area contributed by atoms with Crippen LogP contribution in [0, 0.1) is 5.41 Å². The number of nitrogens with one attached hydrogen (secondary N) is 1. The average Bonchev–Trinajstić information content (AvgIpc) is 2.50. The van der Waals surface area contributed by atoms with E-state index in [9.17, 15) is 0 Å². The Morgan fingerprint density at radius 1 is 1.29 bits per heavy atom. The van der Waals surface area contributed by atoms with Crippen LogP contribution in [0.15, 0.2) is 0 Å². The van der Waals surface area contributed by atoms with Crippen LogP contribution < -0.4 is 5.32 Å². The SMILES string of the molecule is CCCNCC1(CN2CCN(C)C(CC)C2)CCCOC1. The second-order valence-corrected chi connectivity index (χ2v) is 7.11. The summed E-state index contributed by atoms with van der Waals surface area (Å²) in [7, 11) is 2.27. The highest BCUT2D eigenvalue weighted by Gasteiger charge is 2.36. The van der Waals surface area contributed by atoms with Crippen molar-refractivity contribution < 1.29 is 4.74 Å². The fourth-order valence-electron chi connectivity index (χ4n) is 3.83. The van der Waals surface area contributed by atoms with Gasteiger partial charge < -0.3 is 15.0 Å². The van der Waals surface area contributed by atoms with Crippen LogP contribution in [0.1, 0.15) is 39.5 Å².